The van der Waals surface area contributed by atoms with Crippen molar-refractivity contribution in [1.29, 1.82) is 0 Å². The number of hydrogen-bond acceptors (Lipinski definition) is 1. The third-order valence-electron chi connectivity index (χ3n) is 3.35. The van der Waals surface area contributed by atoms with Gasteiger partial charge in [-0.15, -0.1) is 0 Å². The van der Waals surface area contributed by atoms with E-state index < -0.39 is 0 Å². The maximum atomic E-state index is 12.1. The highest BCUT2D eigenvalue weighted by Gasteiger charge is 2.17. The van der Waals surface area contributed by atoms with Crippen molar-refractivity contribution in [2.75, 3.05) is 0 Å². The molecule has 1 fully saturated rings. The average molecular weight is 328 g/mol. The Morgan fingerprint density at radius 2 is 2.00 bits per heavy atom. The zero-order valence-electron chi connectivity index (χ0n) is 9.42. The quantitative estimate of drug-likeness (QED) is 0.592. The van der Waals surface area contributed by atoms with Crippen LogP contribution in [0.5, 0.6) is 0 Å². The van der Waals surface area contributed by atoms with Crippen LogP contribution in [-0.4, -0.2) is 5.78 Å². The summed E-state index contributed by atoms with van der Waals surface area (Å²) in [5.74, 6) is 0.963. The Morgan fingerprint density at radius 3 is 2.69 bits per heavy atom. The Balaban J connectivity index is 1.97. The van der Waals surface area contributed by atoms with E-state index in [1.165, 1.54) is 32.1 Å². The first-order chi connectivity index (χ1) is 7.75. The van der Waals surface area contributed by atoms with Crippen LogP contribution in [-0.2, 0) is 0 Å². The average Bonchev–Trinajstić information content (AvgIpc) is 2.30. The molecule has 0 radical (unpaired) electrons. The lowest BCUT2D eigenvalue weighted by Crippen LogP contribution is -2.12. The maximum absolute atomic E-state index is 12.1. The van der Waals surface area contributed by atoms with Gasteiger partial charge in [0.2, 0.25) is 0 Å². The molecule has 1 aliphatic rings. The Labute approximate surface area is 111 Å². The standard InChI is InChI=1S/C14H17IO/c15-13-8-4-7-12(10-13)14(16)9-11-5-2-1-3-6-11/h4,7-8,10-11H,1-3,5-6,9H2. The van der Waals surface area contributed by atoms with Crippen LogP contribution < -0.4 is 0 Å². The number of halogens is 1. The fourth-order valence-electron chi connectivity index (χ4n) is 2.43. The van der Waals surface area contributed by atoms with Gasteiger partial charge in [0.15, 0.2) is 5.78 Å². The van der Waals surface area contributed by atoms with Gasteiger partial charge in [0.1, 0.15) is 0 Å². The molecule has 1 nitrogen and oxygen atoms in total. The maximum Gasteiger partial charge on any atom is 0.163 e. The lowest BCUT2D eigenvalue weighted by atomic mass is 9.85. The minimum absolute atomic E-state index is 0.324. The van der Waals surface area contributed by atoms with E-state index in [0.717, 1.165) is 15.6 Å². The molecule has 0 heterocycles. The molecule has 0 bridgehead atoms. The number of rotatable bonds is 3. The number of ketones is 1. The minimum Gasteiger partial charge on any atom is -0.294 e. The van der Waals surface area contributed by atoms with E-state index in [-0.39, 0.29) is 0 Å². The molecule has 86 valence electrons. The van der Waals surface area contributed by atoms with Gasteiger partial charge in [0.05, 0.1) is 0 Å². The molecule has 0 aliphatic heterocycles. The molecule has 2 heteroatoms. The van der Waals surface area contributed by atoms with Gasteiger partial charge in [0.25, 0.3) is 0 Å². The number of hydrogen-bond donors (Lipinski definition) is 0. The van der Waals surface area contributed by atoms with E-state index in [0.29, 0.717) is 11.7 Å². The summed E-state index contributed by atoms with van der Waals surface area (Å²) in [6, 6.07) is 7.92. The van der Waals surface area contributed by atoms with Gasteiger partial charge in [-0.2, -0.15) is 0 Å². The minimum atomic E-state index is 0.324. The van der Waals surface area contributed by atoms with Crippen LogP contribution in [0, 0.1) is 9.49 Å². The number of carbonyl (C=O) groups is 1. The second-order valence-corrected chi connectivity index (χ2v) is 5.89. The highest BCUT2D eigenvalue weighted by Crippen LogP contribution is 2.27. The number of Topliss-reactive ketones (excluding diaryl/α,β-unsaturated/α-hetero) is 1. The smallest absolute Gasteiger partial charge is 0.163 e. The molecule has 0 N–H and O–H groups in total. The van der Waals surface area contributed by atoms with Gasteiger partial charge < -0.3 is 0 Å². The normalized spacial score (nSPS) is 17.3. The van der Waals surface area contributed by atoms with E-state index in [1.807, 2.05) is 24.3 Å². The zero-order chi connectivity index (χ0) is 11.4. The van der Waals surface area contributed by atoms with Gasteiger partial charge in [-0.05, 0) is 40.6 Å². The molecular formula is C14H17IO. The molecular weight excluding hydrogens is 311 g/mol. The largest absolute Gasteiger partial charge is 0.294 e. The SMILES string of the molecule is O=C(CC1CCCCC1)c1cccc(I)c1. The first-order valence-corrected chi connectivity index (χ1v) is 7.12. The summed E-state index contributed by atoms with van der Waals surface area (Å²) < 4.78 is 1.15. The molecule has 0 atom stereocenters. The van der Waals surface area contributed by atoms with Crippen molar-refractivity contribution < 1.29 is 4.79 Å². The Morgan fingerprint density at radius 1 is 1.25 bits per heavy atom. The van der Waals surface area contributed by atoms with Crippen LogP contribution in [0.4, 0.5) is 0 Å². The van der Waals surface area contributed by atoms with E-state index in [9.17, 15) is 4.79 Å². The number of carbonyl (C=O) groups excluding carboxylic acids is 1. The molecule has 1 saturated carbocycles. The van der Waals surface area contributed by atoms with Crippen LogP contribution in [0.3, 0.4) is 0 Å². The molecule has 16 heavy (non-hydrogen) atoms. The summed E-state index contributed by atoms with van der Waals surface area (Å²) in [6.07, 6.45) is 7.22. The molecule has 1 aromatic rings. The lowest BCUT2D eigenvalue weighted by molar-refractivity contribution is 0.0950. The summed E-state index contributed by atoms with van der Waals surface area (Å²) in [5, 5.41) is 0. The fraction of sp³-hybridized carbons (Fsp3) is 0.500. The molecule has 0 spiro atoms. The highest BCUT2D eigenvalue weighted by molar-refractivity contribution is 14.1. The van der Waals surface area contributed by atoms with Crippen LogP contribution >= 0.6 is 22.6 Å². The van der Waals surface area contributed by atoms with Crippen molar-refractivity contribution in [3.63, 3.8) is 0 Å². The summed E-state index contributed by atoms with van der Waals surface area (Å²) in [6.45, 7) is 0. The Bertz CT molecular complexity index is 367. The van der Waals surface area contributed by atoms with Gasteiger partial charge in [-0.1, -0.05) is 44.2 Å². The van der Waals surface area contributed by atoms with E-state index in [4.69, 9.17) is 0 Å². The zero-order valence-corrected chi connectivity index (χ0v) is 11.6. The Hall–Kier alpha value is -0.380. The molecule has 1 aromatic carbocycles. The first-order valence-electron chi connectivity index (χ1n) is 6.04. The van der Waals surface area contributed by atoms with Gasteiger partial charge in [-0.25, -0.2) is 0 Å². The van der Waals surface area contributed by atoms with Crippen molar-refractivity contribution in [3.8, 4) is 0 Å². The molecule has 0 saturated heterocycles. The van der Waals surface area contributed by atoms with Gasteiger partial charge in [-0.3, -0.25) is 4.79 Å². The van der Waals surface area contributed by atoms with Gasteiger partial charge >= 0.3 is 0 Å². The summed E-state index contributed by atoms with van der Waals surface area (Å²) >= 11 is 2.26. The molecule has 2 rings (SSSR count). The topological polar surface area (TPSA) is 17.1 Å². The molecule has 1 aliphatic carbocycles. The highest BCUT2D eigenvalue weighted by atomic mass is 127. The van der Waals surface area contributed by atoms with Crippen LogP contribution in [0.15, 0.2) is 24.3 Å². The van der Waals surface area contributed by atoms with Crippen molar-refractivity contribution in [1.82, 2.24) is 0 Å². The summed E-state index contributed by atoms with van der Waals surface area (Å²) in [4.78, 5) is 12.1. The predicted molar refractivity (Wildman–Crippen MR) is 74.7 cm³/mol. The van der Waals surface area contributed by atoms with Crippen molar-refractivity contribution >= 4 is 28.4 Å². The molecule has 0 unspecified atom stereocenters. The second-order valence-electron chi connectivity index (χ2n) is 4.64. The lowest BCUT2D eigenvalue weighted by Gasteiger charge is -2.20. The fourth-order valence-corrected chi connectivity index (χ4v) is 2.98. The van der Waals surface area contributed by atoms with Gasteiger partial charge in [0, 0.05) is 15.6 Å². The van der Waals surface area contributed by atoms with Crippen LogP contribution in [0.25, 0.3) is 0 Å². The van der Waals surface area contributed by atoms with E-state index in [2.05, 4.69) is 22.6 Å². The predicted octanol–water partition coefficient (Wildman–Crippen LogP) is 4.44. The van der Waals surface area contributed by atoms with Crippen molar-refractivity contribution in [2.45, 2.75) is 38.5 Å². The number of benzene rings is 1. The summed E-state index contributed by atoms with van der Waals surface area (Å²) in [7, 11) is 0. The molecule has 0 aromatic heterocycles. The summed E-state index contributed by atoms with van der Waals surface area (Å²) in [5.41, 5.74) is 0.887. The first kappa shape index (κ1) is 12.1. The van der Waals surface area contributed by atoms with E-state index in [1.54, 1.807) is 0 Å². The van der Waals surface area contributed by atoms with Crippen LogP contribution in [0.1, 0.15) is 48.9 Å². The van der Waals surface area contributed by atoms with Crippen LogP contribution in [0.2, 0.25) is 0 Å². The molecule has 0 amide bonds. The van der Waals surface area contributed by atoms with E-state index >= 15 is 0 Å². The Kier molecular flexibility index (Phi) is 4.38. The third-order valence-corrected chi connectivity index (χ3v) is 4.02. The monoisotopic (exact) mass is 328 g/mol. The van der Waals surface area contributed by atoms with Crippen molar-refractivity contribution in [2.24, 2.45) is 5.92 Å². The second kappa shape index (κ2) is 5.80. The van der Waals surface area contributed by atoms with Crippen molar-refractivity contribution in [3.05, 3.63) is 33.4 Å². The third kappa shape index (κ3) is 3.30.